The Hall–Kier alpha value is -1.88. The van der Waals surface area contributed by atoms with Gasteiger partial charge in [-0.1, -0.05) is 0 Å². The largest absolute Gasteiger partial charge is 0.463 e. The summed E-state index contributed by atoms with van der Waals surface area (Å²) in [6.45, 7) is 3.28. The van der Waals surface area contributed by atoms with Crippen molar-refractivity contribution in [3.63, 3.8) is 0 Å². The maximum Gasteiger partial charge on any atom is 0.270 e. The number of furan rings is 1. The maximum absolute atomic E-state index is 12.2. The predicted octanol–water partition coefficient (Wildman–Crippen LogP) is 1.26. The van der Waals surface area contributed by atoms with E-state index < -0.39 is 0 Å². The number of nitrogens with zero attached hydrogens (tertiary/aromatic N) is 2. The van der Waals surface area contributed by atoms with Gasteiger partial charge in [-0.15, -0.1) is 0 Å². The number of hydrogen-bond donors (Lipinski definition) is 1. The normalized spacial score (nSPS) is 28.9. The first-order chi connectivity index (χ1) is 9.29. The second-order valence-electron chi connectivity index (χ2n) is 5.42. The number of hydrogen-bond acceptors (Lipinski definition) is 4. The molecule has 2 fully saturated rings. The minimum atomic E-state index is -0.0816. The first-order valence-electron chi connectivity index (χ1n) is 6.66. The van der Waals surface area contributed by atoms with Crippen LogP contribution in [0.15, 0.2) is 29.0 Å². The van der Waals surface area contributed by atoms with E-state index in [-0.39, 0.29) is 11.9 Å². The number of fused-ring (bicyclic) bond motifs is 3. The van der Waals surface area contributed by atoms with Crippen LogP contribution in [-0.2, 0) is 0 Å². The molecule has 2 aliphatic heterocycles. The summed E-state index contributed by atoms with van der Waals surface area (Å²) < 4.78 is 5.23. The lowest BCUT2D eigenvalue weighted by atomic mass is 10.00. The van der Waals surface area contributed by atoms with Crippen molar-refractivity contribution in [2.24, 2.45) is 5.92 Å². The van der Waals surface area contributed by atoms with Crippen molar-refractivity contribution in [2.45, 2.75) is 12.5 Å². The van der Waals surface area contributed by atoms with Crippen molar-refractivity contribution >= 4 is 16.9 Å². The van der Waals surface area contributed by atoms with Crippen LogP contribution in [0.3, 0.4) is 0 Å². The fraction of sp³-hybridized carbons (Fsp3) is 0.429. The Labute approximate surface area is 110 Å². The van der Waals surface area contributed by atoms with Crippen LogP contribution >= 0.6 is 0 Å². The zero-order valence-electron chi connectivity index (χ0n) is 10.5. The molecule has 5 heteroatoms. The van der Waals surface area contributed by atoms with Crippen LogP contribution in [0.25, 0.3) is 11.0 Å². The monoisotopic (exact) mass is 257 g/mol. The highest BCUT2D eigenvalue weighted by atomic mass is 16.3. The molecular formula is C14H15N3O2. The molecule has 0 spiro atoms. The summed E-state index contributed by atoms with van der Waals surface area (Å²) >= 11 is 0. The molecule has 5 nitrogen and oxygen atoms in total. The maximum atomic E-state index is 12.2. The standard InChI is InChI=1S/C14H15N3O2/c18-14(16-12-8-17-3-1-10(12)7-17)11-5-9-2-4-19-13(9)6-15-11/h2,4-6,10,12H,1,3,7-8H2,(H,16,18). The zero-order valence-corrected chi connectivity index (χ0v) is 10.5. The van der Waals surface area contributed by atoms with Gasteiger partial charge in [0, 0.05) is 24.5 Å². The quantitative estimate of drug-likeness (QED) is 0.880. The van der Waals surface area contributed by atoms with E-state index in [1.54, 1.807) is 18.5 Å². The first-order valence-corrected chi connectivity index (χ1v) is 6.66. The van der Waals surface area contributed by atoms with Gasteiger partial charge in [0.15, 0.2) is 5.58 Å². The van der Waals surface area contributed by atoms with E-state index in [2.05, 4.69) is 15.2 Å². The van der Waals surface area contributed by atoms with Crippen LogP contribution < -0.4 is 5.32 Å². The molecule has 2 aromatic rings. The van der Waals surface area contributed by atoms with Crippen LogP contribution in [0.2, 0.25) is 0 Å². The molecule has 2 aliphatic rings. The lowest BCUT2D eigenvalue weighted by molar-refractivity contribution is 0.0919. The second-order valence-corrected chi connectivity index (χ2v) is 5.42. The van der Waals surface area contributed by atoms with E-state index in [0.717, 1.165) is 18.5 Å². The molecular weight excluding hydrogens is 242 g/mol. The number of carbonyl (C=O) groups is 1. The Bertz CT molecular complexity index is 636. The molecule has 4 heterocycles. The average molecular weight is 257 g/mol. The minimum absolute atomic E-state index is 0.0816. The van der Waals surface area contributed by atoms with Gasteiger partial charge in [-0.2, -0.15) is 0 Å². The molecule has 2 saturated heterocycles. The highest BCUT2D eigenvalue weighted by molar-refractivity contribution is 5.95. The van der Waals surface area contributed by atoms with Gasteiger partial charge in [0.25, 0.3) is 5.91 Å². The lowest BCUT2D eigenvalue weighted by Gasteiger charge is -2.22. The summed E-state index contributed by atoms with van der Waals surface area (Å²) in [6.07, 6.45) is 4.41. The van der Waals surface area contributed by atoms with Gasteiger partial charge in [0.2, 0.25) is 0 Å². The smallest absolute Gasteiger partial charge is 0.270 e. The molecule has 3 atom stereocenters. The van der Waals surface area contributed by atoms with Gasteiger partial charge in [-0.25, -0.2) is 4.98 Å². The number of rotatable bonds is 2. The summed E-state index contributed by atoms with van der Waals surface area (Å²) in [6, 6.07) is 3.90. The van der Waals surface area contributed by atoms with Gasteiger partial charge < -0.3 is 14.6 Å². The van der Waals surface area contributed by atoms with E-state index in [9.17, 15) is 4.79 Å². The van der Waals surface area contributed by atoms with Gasteiger partial charge in [-0.3, -0.25) is 4.79 Å². The first kappa shape index (κ1) is 11.0. The molecule has 0 aliphatic carbocycles. The van der Waals surface area contributed by atoms with E-state index in [1.165, 1.54) is 13.0 Å². The van der Waals surface area contributed by atoms with E-state index in [4.69, 9.17) is 4.42 Å². The fourth-order valence-electron chi connectivity index (χ4n) is 3.18. The number of piperidine rings is 1. The van der Waals surface area contributed by atoms with Gasteiger partial charge >= 0.3 is 0 Å². The number of nitrogens with one attached hydrogen (secondary N) is 1. The molecule has 0 aromatic carbocycles. The molecule has 2 bridgehead atoms. The van der Waals surface area contributed by atoms with E-state index in [0.29, 0.717) is 17.2 Å². The van der Waals surface area contributed by atoms with E-state index >= 15 is 0 Å². The number of aromatic nitrogens is 1. The zero-order chi connectivity index (χ0) is 12.8. The van der Waals surface area contributed by atoms with Crippen molar-refractivity contribution in [3.05, 3.63) is 30.3 Å². The highest BCUT2D eigenvalue weighted by Gasteiger charge is 2.38. The number of amides is 1. The predicted molar refractivity (Wildman–Crippen MR) is 69.8 cm³/mol. The summed E-state index contributed by atoms with van der Waals surface area (Å²) in [4.78, 5) is 18.8. The Morgan fingerprint density at radius 3 is 3.21 bits per heavy atom. The highest BCUT2D eigenvalue weighted by Crippen LogP contribution is 2.27. The Balaban J connectivity index is 1.53. The Morgan fingerprint density at radius 1 is 1.47 bits per heavy atom. The number of carbonyl (C=O) groups excluding carboxylic acids is 1. The Morgan fingerprint density at radius 2 is 2.42 bits per heavy atom. The fourth-order valence-corrected chi connectivity index (χ4v) is 3.18. The summed E-state index contributed by atoms with van der Waals surface area (Å²) in [5, 5.41) is 4.02. The van der Waals surface area contributed by atoms with Gasteiger partial charge in [0.05, 0.1) is 12.5 Å². The third-order valence-electron chi connectivity index (χ3n) is 4.22. The van der Waals surface area contributed by atoms with Crippen LogP contribution in [0.1, 0.15) is 16.9 Å². The number of pyridine rings is 1. The molecule has 3 unspecified atom stereocenters. The third kappa shape index (κ3) is 1.81. The van der Waals surface area contributed by atoms with Crippen molar-refractivity contribution < 1.29 is 9.21 Å². The van der Waals surface area contributed by atoms with Crippen LogP contribution in [-0.4, -0.2) is 41.5 Å². The lowest BCUT2D eigenvalue weighted by Crippen LogP contribution is -2.43. The molecule has 2 aromatic heterocycles. The van der Waals surface area contributed by atoms with Crippen molar-refractivity contribution in [3.8, 4) is 0 Å². The van der Waals surface area contributed by atoms with Gasteiger partial charge in [0.1, 0.15) is 5.69 Å². The minimum Gasteiger partial charge on any atom is -0.463 e. The molecule has 98 valence electrons. The van der Waals surface area contributed by atoms with Crippen molar-refractivity contribution in [1.29, 1.82) is 0 Å². The van der Waals surface area contributed by atoms with Crippen LogP contribution in [0, 0.1) is 5.92 Å². The molecule has 0 radical (unpaired) electrons. The molecule has 1 amide bonds. The van der Waals surface area contributed by atoms with Crippen LogP contribution in [0.5, 0.6) is 0 Å². The summed E-state index contributed by atoms with van der Waals surface area (Å²) in [5.41, 5.74) is 1.18. The Kier molecular flexibility index (Phi) is 2.35. The molecule has 1 N–H and O–H groups in total. The third-order valence-corrected chi connectivity index (χ3v) is 4.22. The topological polar surface area (TPSA) is 58.4 Å². The molecule has 4 rings (SSSR count). The van der Waals surface area contributed by atoms with Crippen molar-refractivity contribution in [1.82, 2.24) is 15.2 Å². The second kappa shape index (κ2) is 4.06. The van der Waals surface area contributed by atoms with Crippen molar-refractivity contribution in [2.75, 3.05) is 19.6 Å². The summed E-state index contributed by atoms with van der Waals surface area (Å²) in [5.74, 6) is 0.531. The van der Waals surface area contributed by atoms with Crippen LogP contribution in [0.4, 0.5) is 0 Å². The SMILES string of the molecule is O=C(NC1CN2CCC1C2)c1cc2ccoc2cn1. The molecule has 0 saturated carbocycles. The average Bonchev–Trinajstić information content (AvgIpc) is 3.13. The molecule has 19 heavy (non-hydrogen) atoms. The van der Waals surface area contributed by atoms with Gasteiger partial charge in [-0.05, 0) is 31.0 Å². The summed E-state index contributed by atoms with van der Waals surface area (Å²) in [7, 11) is 0. The van der Waals surface area contributed by atoms with E-state index in [1.807, 2.05) is 6.07 Å².